The van der Waals surface area contributed by atoms with Crippen LogP contribution in [-0.2, 0) is 11.8 Å². The Hall–Kier alpha value is -2.60. The van der Waals surface area contributed by atoms with Gasteiger partial charge in [-0.05, 0) is 56.0 Å². The van der Waals surface area contributed by atoms with Crippen molar-refractivity contribution in [1.82, 2.24) is 9.47 Å². The second kappa shape index (κ2) is 9.94. The summed E-state index contributed by atoms with van der Waals surface area (Å²) in [5.41, 5.74) is 2.51. The first-order chi connectivity index (χ1) is 14.1. The first-order valence-corrected chi connectivity index (χ1v) is 10.3. The van der Waals surface area contributed by atoms with Gasteiger partial charge in [-0.25, -0.2) is 4.79 Å². The zero-order chi connectivity index (χ0) is 22.6. The topological polar surface area (TPSA) is 68.6 Å². The maximum absolute atomic E-state index is 13.2. The molecule has 0 aliphatic carbocycles. The lowest BCUT2D eigenvalue weighted by Gasteiger charge is -2.23. The summed E-state index contributed by atoms with van der Waals surface area (Å²) in [4.78, 5) is 40.0. The molecule has 0 spiro atoms. The summed E-state index contributed by atoms with van der Waals surface area (Å²) < 4.78 is 6.51. The molecule has 0 saturated heterocycles. The molecule has 0 bridgehead atoms. The molecular weight excluding hydrogens is 404 g/mol. The van der Waals surface area contributed by atoms with E-state index in [-0.39, 0.29) is 18.2 Å². The summed E-state index contributed by atoms with van der Waals surface area (Å²) in [5.74, 6) is -0.542. The van der Waals surface area contributed by atoms with Crippen LogP contribution in [0, 0.1) is 19.8 Å². The number of carbonyl (C=O) groups excluding carboxylic acids is 3. The van der Waals surface area contributed by atoms with Crippen LogP contribution in [-0.4, -0.2) is 47.3 Å². The number of ketones is 1. The van der Waals surface area contributed by atoms with Crippen molar-refractivity contribution in [2.75, 3.05) is 20.2 Å². The number of benzene rings is 1. The van der Waals surface area contributed by atoms with E-state index in [9.17, 15) is 14.4 Å². The van der Waals surface area contributed by atoms with E-state index in [4.69, 9.17) is 16.3 Å². The van der Waals surface area contributed by atoms with Crippen LogP contribution in [0.15, 0.2) is 24.3 Å². The summed E-state index contributed by atoms with van der Waals surface area (Å²) in [6.45, 7) is 8.04. The van der Waals surface area contributed by atoms with Crippen molar-refractivity contribution >= 4 is 29.3 Å². The molecule has 0 unspecified atom stereocenters. The van der Waals surface area contributed by atoms with E-state index < -0.39 is 5.97 Å². The summed E-state index contributed by atoms with van der Waals surface area (Å²) in [7, 11) is 3.03. The van der Waals surface area contributed by atoms with E-state index in [0.29, 0.717) is 45.6 Å². The largest absolute Gasteiger partial charge is 0.464 e. The molecule has 30 heavy (non-hydrogen) atoms. The van der Waals surface area contributed by atoms with Gasteiger partial charge in [-0.1, -0.05) is 25.4 Å². The van der Waals surface area contributed by atoms with Gasteiger partial charge in [0.1, 0.15) is 5.69 Å². The zero-order valence-electron chi connectivity index (χ0n) is 18.4. The summed E-state index contributed by atoms with van der Waals surface area (Å²) in [5, 5.41) is 0.544. The van der Waals surface area contributed by atoms with Crippen molar-refractivity contribution in [2.45, 2.75) is 34.1 Å². The number of carbonyl (C=O) groups is 3. The fourth-order valence-corrected chi connectivity index (χ4v) is 3.59. The van der Waals surface area contributed by atoms with Crippen molar-refractivity contribution in [3.8, 4) is 0 Å². The number of aromatic nitrogens is 1. The van der Waals surface area contributed by atoms with Crippen LogP contribution in [0.3, 0.4) is 0 Å². The minimum Gasteiger partial charge on any atom is -0.464 e. The van der Waals surface area contributed by atoms with Gasteiger partial charge in [0.05, 0.1) is 13.7 Å². The van der Waals surface area contributed by atoms with Gasteiger partial charge in [0.25, 0.3) is 5.91 Å². The Bertz CT molecular complexity index is 945. The molecule has 1 heterocycles. The molecule has 0 aliphatic rings. The number of esters is 1. The van der Waals surface area contributed by atoms with E-state index in [1.54, 1.807) is 54.6 Å². The molecule has 1 aromatic heterocycles. The Morgan fingerprint density at radius 2 is 1.73 bits per heavy atom. The van der Waals surface area contributed by atoms with Crippen LogP contribution in [0.2, 0.25) is 5.02 Å². The molecule has 7 heteroatoms. The maximum atomic E-state index is 13.2. The number of amides is 1. The molecule has 2 aromatic rings. The molecule has 0 atom stereocenters. The fraction of sp³-hybridized carbons (Fsp3) is 0.435. The van der Waals surface area contributed by atoms with E-state index >= 15 is 0 Å². The van der Waals surface area contributed by atoms with Gasteiger partial charge in [0, 0.05) is 35.4 Å². The maximum Gasteiger partial charge on any atom is 0.354 e. The van der Waals surface area contributed by atoms with Gasteiger partial charge in [-0.2, -0.15) is 0 Å². The van der Waals surface area contributed by atoms with Gasteiger partial charge < -0.3 is 14.2 Å². The van der Waals surface area contributed by atoms with Crippen LogP contribution >= 0.6 is 11.6 Å². The van der Waals surface area contributed by atoms with Crippen LogP contribution < -0.4 is 0 Å². The summed E-state index contributed by atoms with van der Waals surface area (Å²) in [6, 6.07) is 6.63. The number of methoxy groups -OCH3 is 1. The Kier molecular flexibility index (Phi) is 7.84. The van der Waals surface area contributed by atoms with Crippen molar-refractivity contribution < 1.29 is 19.1 Å². The van der Waals surface area contributed by atoms with Crippen molar-refractivity contribution in [3.63, 3.8) is 0 Å². The second-order valence-electron chi connectivity index (χ2n) is 7.82. The molecule has 6 nitrogen and oxygen atoms in total. The molecule has 1 aromatic carbocycles. The van der Waals surface area contributed by atoms with E-state index in [1.807, 2.05) is 0 Å². The minimum atomic E-state index is -0.494. The van der Waals surface area contributed by atoms with Crippen LogP contribution in [0.1, 0.15) is 62.7 Å². The molecule has 0 radical (unpaired) electrons. The van der Waals surface area contributed by atoms with Crippen LogP contribution in [0.4, 0.5) is 0 Å². The SMILES string of the molecule is COC(=O)c1c(C)c(C(=O)CN(CCC(C)C)C(=O)c2ccc(Cl)cc2)c(C)n1C. The quantitative estimate of drug-likeness (QED) is 0.456. The molecule has 2 rings (SSSR count). The summed E-state index contributed by atoms with van der Waals surface area (Å²) in [6.07, 6.45) is 0.771. The first kappa shape index (κ1) is 23.7. The molecule has 0 saturated carbocycles. The lowest BCUT2D eigenvalue weighted by atomic mass is 10.0. The average Bonchev–Trinajstić information content (AvgIpc) is 2.93. The highest BCUT2D eigenvalue weighted by molar-refractivity contribution is 6.30. The normalized spacial score (nSPS) is 10.9. The zero-order valence-corrected chi connectivity index (χ0v) is 19.2. The standard InChI is InChI=1S/C23H29ClN2O4/c1-14(2)11-12-26(22(28)17-7-9-18(24)10-8-17)13-19(27)20-15(3)21(23(29)30-6)25(5)16(20)4/h7-10,14H,11-13H2,1-6H3. The minimum absolute atomic E-state index is 0.0690. The third-order valence-corrected chi connectivity index (χ3v) is 5.53. The number of nitrogens with zero attached hydrogens (tertiary/aromatic N) is 2. The number of rotatable bonds is 8. The van der Waals surface area contributed by atoms with Gasteiger partial charge >= 0.3 is 5.97 Å². The Balaban J connectivity index is 2.36. The Morgan fingerprint density at radius 3 is 2.27 bits per heavy atom. The number of hydrogen-bond donors (Lipinski definition) is 0. The smallest absolute Gasteiger partial charge is 0.354 e. The predicted octanol–water partition coefficient (Wildman–Crippen LogP) is 4.45. The van der Waals surface area contributed by atoms with Crippen LogP contribution in [0.25, 0.3) is 0 Å². The molecule has 162 valence electrons. The number of ether oxygens (including phenoxy) is 1. The van der Waals surface area contributed by atoms with Gasteiger partial charge in [0.2, 0.25) is 0 Å². The molecule has 0 aliphatic heterocycles. The Morgan fingerprint density at radius 1 is 1.13 bits per heavy atom. The number of Topliss-reactive ketones (excluding diaryl/α,β-unsaturated/α-hetero) is 1. The Labute approximate surface area is 182 Å². The van der Waals surface area contributed by atoms with Gasteiger partial charge in [-0.15, -0.1) is 0 Å². The third-order valence-electron chi connectivity index (χ3n) is 5.28. The summed E-state index contributed by atoms with van der Waals surface area (Å²) >= 11 is 5.93. The molecule has 0 fully saturated rings. The highest BCUT2D eigenvalue weighted by atomic mass is 35.5. The van der Waals surface area contributed by atoms with Gasteiger partial charge in [-0.3, -0.25) is 9.59 Å². The van der Waals surface area contributed by atoms with E-state index in [0.717, 1.165) is 6.42 Å². The molecule has 0 N–H and O–H groups in total. The van der Waals surface area contributed by atoms with Crippen molar-refractivity contribution in [3.05, 3.63) is 57.4 Å². The van der Waals surface area contributed by atoms with E-state index in [2.05, 4.69) is 13.8 Å². The molecule has 1 amide bonds. The average molecular weight is 433 g/mol. The highest BCUT2D eigenvalue weighted by Crippen LogP contribution is 2.23. The fourth-order valence-electron chi connectivity index (χ4n) is 3.47. The lowest BCUT2D eigenvalue weighted by Crippen LogP contribution is -2.37. The monoisotopic (exact) mass is 432 g/mol. The first-order valence-electron chi connectivity index (χ1n) is 9.90. The molecular formula is C23H29ClN2O4. The number of hydrogen-bond acceptors (Lipinski definition) is 4. The highest BCUT2D eigenvalue weighted by Gasteiger charge is 2.27. The predicted molar refractivity (Wildman–Crippen MR) is 117 cm³/mol. The number of halogens is 1. The second-order valence-corrected chi connectivity index (χ2v) is 8.26. The lowest BCUT2D eigenvalue weighted by molar-refractivity contribution is 0.0588. The van der Waals surface area contributed by atoms with Crippen molar-refractivity contribution in [2.24, 2.45) is 13.0 Å². The van der Waals surface area contributed by atoms with Gasteiger partial charge in [0.15, 0.2) is 5.78 Å². The third kappa shape index (κ3) is 5.11. The van der Waals surface area contributed by atoms with Crippen molar-refractivity contribution in [1.29, 1.82) is 0 Å². The van der Waals surface area contributed by atoms with E-state index in [1.165, 1.54) is 7.11 Å². The van der Waals surface area contributed by atoms with Crippen LogP contribution in [0.5, 0.6) is 0 Å².